The minimum absolute atomic E-state index is 0.0204. The molecule has 0 aliphatic carbocycles. The van der Waals surface area contributed by atoms with Gasteiger partial charge in [0, 0.05) is 18.2 Å². The van der Waals surface area contributed by atoms with Crippen LogP contribution in [0.3, 0.4) is 0 Å². The van der Waals surface area contributed by atoms with E-state index in [9.17, 15) is 14.9 Å². The van der Waals surface area contributed by atoms with Gasteiger partial charge in [-0.15, -0.1) is 5.10 Å². The molecule has 10 nitrogen and oxygen atoms in total. The predicted molar refractivity (Wildman–Crippen MR) is 105 cm³/mol. The van der Waals surface area contributed by atoms with Crippen LogP contribution < -0.4 is 14.8 Å². The molecule has 1 aliphatic rings. The first-order valence-corrected chi connectivity index (χ1v) is 9.01. The maximum Gasteiger partial charge on any atom is 0.322 e. The van der Waals surface area contributed by atoms with E-state index in [1.165, 1.54) is 24.3 Å². The Morgan fingerprint density at radius 3 is 2.63 bits per heavy atom. The molecule has 1 aromatic heterocycles. The Hall–Kier alpha value is -4.21. The van der Waals surface area contributed by atoms with Gasteiger partial charge in [-0.2, -0.15) is 0 Å². The van der Waals surface area contributed by atoms with Gasteiger partial charge in [0.2, 0.25) is 5.89 Å². The molecule has 10 heteroatoms. The summed E-state index contributed by atoms with van der Waals surface area (Å²) in [7, 11) is 0. The molecule has 30 heavy (non-hydrogen) atoms. The van der Waals surface area contributed by atoms with E-state index >= 15 is 0 Å². The molecular weight excluding hydrogens is 392 g/mol. The monoisotopic (exact) mass is 408 g/mol. The van der Waals surface area contributed by atoms with Crippen LogP contribution in [0.5, 0.6) is 11.5 Å². The molecule has 4 rings (SSSR count). The number of fused-ring (bicyclic) bond motifs is 1. The number of anilines is 1. The Labute approximate surface area is 170 Å². The molecule has 0 spiro atoms. The summed E-state index contributed by atoms with van der Waals surface area (Å²) < 4.78 is 16.5. The summed E-state index contributed by atoms with van der Waals surface area (Å²) >= 11 is 0. The summed E-state index contributed by atoms with van der Waals surface area (Å²) in [6.07, 6.45) is 3.16. The van der Waals surface area contributed by atoms with E-state index in [-0.39, 0.29) is 11.7 Å². The van der Waals surface area contributed by atoms with Crippen molar-refractivity contribution in [2.75, 3.05) is 18.5 Å². The van der Waals surface area contributed by atoms with Crippen LogP contribution in [0.2, 0.25) is 0 Å². The van der Waals surface area contributed by atoms with E-state index in [1.54, 1.807) is 12.1 Å². The van der Waals surface area contributed by atoms with Crippen molar-refractivity contribution in [3.8, 4) is 11.5 Å². The fourth-order valence-corrected chi connectivity index (χ4v) is 2.77. The number of nitrogens with zero attached hydrogens (tertiary/aromatic N) is 3. The van der Waals surface area contributed by atoms with Crippen molar-refractivity contribution < 1.29 is 23.6 Å². The number of hydrogen-bond acceptors (Lipinski definition) is 8. The molecule has 0 saturated heterocycles. The maximum atomic E-state index is 12.0. The lowest BCUT2D eigenvalue weighted by atomic mass is 10.1. The van der Waals surface area contributed by atoms with Gasteiger partial charge in [-0.25, -0.2) is 0 Å². The third-order valence-corrected chi connectivity index (χ3v) is 4.19. The Kier molecular flexibility index (Phi) is 5.37. The molecule has 3 aromatic rings. The first kappa shape index (κ1) is 19.1. The number of carbonyl (C=O) groups excluding carboxylic acids is 1. The number of nitro groups is 1. The van der Waals surface area contributed by atoms with E-state index in [1.807, 2.05) is 18.2 Å². The van der Waals surface area contributed by atoms with Crippen molar-refractivity contribution in [3.05, 3.63) is 75.7 Å². The van der Waals surface area contributed by atoms with Crippen molar-refractivity contribution in [2.24, 2.45) is 0 Å². The van der Waals surface area contributed by atoms with Gasteiger partial charge in [-0.05, 0) is 41.5 Å². The summed E-state index contributed by atoms with van der Waals surface area (Å²) in [6.45, 7) is 1.03. The minimum atomic E-state index is -0.488. The number of nitrogens with one attached hydrogen (secondary N) is 1. The van der Waals surface area contributed by atoms with Gasteiger partial charge in [0.05, 0.1) is 11.3 Å². The van der Waals surface area contributed by atoms with E-state index in [4.69, 9.17) is 13.9 Å². The fourth-order valence-electron chi connectivity index (χ4n) is 2.77. The molecule has 1 aliphatic heterocycles. The van der Waals surface area contributed by atoms with Crippen LogP contribution in [0.15, 0.2) is 53.0 Å². The number of ether oxygens (including phenoxy) is 2. The molecule has 0 bridgehead atoms. The summed E-state index contributed by atoms with van der Waals surface area (Å²) in [4.78, 5) is 22.2. The van der Waals surface area contributed by atoms with Crippen LogP contribution in [-0.2, 0) is 11.2 Å². The Morgan fingerprint density at radius 2 is 1.87 bits per heavy atom. The van der Waals surface area contributed by atoms with Gasteiger partial charge in [-0.1, -0.05) is 11.2 Å². The SMILES string of the molecule is O=C(C=Cc1ccc([N+](=O)[O-])cc1)Nc1nnc(Cc2ccc3c(c2)OCCO3)o1. The van der Waals surface area contributed by atoms with Crippen LogP contribution >= 0.6 is 0 Å². The van der Waals surface area contributed by atoms with E-state index < -0.39 is 10.8 Å². The summed E-state index contributed by atoms with van der Waals surface area (Å²) in [5.41, 5.74) is 1.52. The van der Waals surface area contributed by atoms with Crippen molar-refractivity contribution >= 4 is 23.7 Å². The third kappa shape index (κ3) is 4.61. The highest BCUT2D eigenvalue weighted by atomic mass is 16.6. The molecule has 152 valence electrons. The van der Waals surface area contributed by atoms with Gasteiger partial charge in [0.15, 0.2) is 11.5 Å². The number of aromatic nitrogens is 2. The molecule has 1 N–H and O–H groups in total. The third-order valence-electron chi connectivity index (χ3n) is 4.19. The maximum absolute atomic E-state index is 12.0. The first-order valence-electron chi connectivity index (χ1n) is 9.01. The molecule has 0 saturated carbocycles. The molecule has 2 aromatic carbocycles. The second-order valence-corrected chi connectivity index (χ2v) is 6.33. The van der Waals surface area contributed by atoms with Crippen LogP contribution in [0.4, 0.5) is 11.7 Å². The Morgan fingerprint density at radius 1 is 1.10 bits per heavy atom. The topological polar surface area (TPSA) is 130 Å². The summed E-state index contributed by atoms with van der Waals surface area (Å²) in [6, 6.07) is 11.3. The number of carbonyl (C=O) groups is 1. The Balaban J connectivity index is 1.34. The lowest BCUT2D eigenvalue weighted by Crippen LogP contribution is -2.15. The molecule has 0 radical (unpaired) electrons. The largest absolute Gasteiger partial charge is 0.486 e. The van der Waals surface area contributed by atoms with Crippen molar-refractivity contribution in [3.63, 3.8) is 0 Å². The Bertz CT molecular complexity index is 1110. The number of rotatable bonds is 6. The number of hydrogen-bond donors (Lipinski definition) is 1. The van der Waals surface area contributed by atoms with Gasteiger partial charge in [0.25, 0.3) is 11.6 Å². The minimum Gasteiger partial charge on any atom is -0.486 e. The molecule has 1 amide bonds. The summed E-state index contributed by atoms with van der Waals surface area (Å²) in [5, 5.41) is 20.9. The molecule has 0 fully saturated rings. The number of non-ortho nitro benzene ring substituents is 1. The van der Waals surface area contributed by atoms with E-state index in [0.717, 1.165) is 5.56 Å². The first-order chi connectivity index (χ1) is 14.6. The fraction of sp³-hybridized carbons (Fsp3) is 0.150. The zero-order chi connectivity index (χ0) is 20.9. The van der Waals surface area contributed by atoms with Crippen molar-refractivity contribution in [1.82, 2.24) is 10.2 Å². The van der Waals surface area contributed by atoms with E-state index in [0.29, 0.717) is 42.6 Å². The molecule has 2 heterocycles. The highest BCUT2D eigenvalue weighted by molar-refractivity contribution is 6.00. The quantitative estimate of drug-likeness (QED) is 0.374. The smallest absolute Gasteiger partial charge is 0.322 e. The van der Waals surface area contributed by atoms with Gasteiger partial charge < -0.3 is 13.9 Å². The molecule has 0 atom stereocenters. The van der Waals surface area contributed by atoms with E-state index in [2.05, 4.69) is 15.5 Å². The average molecular weight is 408 g/mol. The van der Waals surface area contributed by atoms with Gasteiger partial charge in [0.1, 0.15) is 13.2 Å². The zero-order valence-electron chi connectivity index (χ0n) is 15.6. The van der Waals surface area contributed by atoms with Crippen LogP contribution in [0, 0.1) is 10.1 Å². The number of amides is 1. The molecule has 0 unspecified atom stereocenters. The highest BCUT2D eigenvalue weighted by Crippen LogP contribution is 2.31. The number of nitro benzene ring substituents is 1. The lowest BCUT2D eigenvalue weighted by molar-refractivity contribution is -0.384. The average Bonchev–Trinajstić information content (AvgIpc) is 3.19. The van der Waals surface area contributed by atoms with Crippen molar-refractivity contribution in [1.29, 1.82) is 0 Å². The standard InChI is InChI=1S/C20H16N4O6/c25-18(8-4-13-1-5-15(6-2-13)24(26)27)21-20-23-22-19(30-20)12-14-3-7-16-17(11-14)29-10-9-28-16/h1-8,11H,9-10,12H2,(H,21,23,25). The second kappa shape index (κ2) is 8.43. The highest BCUT2D eigenvalue weighted by Gasteiger charge is 2.14. The normalized spacial score (nSPS) is 12.7. The van der Waals surface area contributed by atoms with Crippen LogP contribution in [0.25, 0.3) is 6.08 Å². The lowest BCUT2D eigenvalue weighted by Gasteiger charge is -2.18. The van der Waals surface area contributed by atoms with Gasteiger partial charge in [-0.3, -0.25) is 20.2 Å². The van der Waals surface area contributed by atoms with Crippen LogP contribution in [0.1, 0.15) is 17.0 Å². The summed E-state index contributed by atoms with van der Waals surface area (Å²) in [5.74, 6) is 1.23. The number of benzene rings is 2. The van der Waals surface area contributed by atoms with Crippen LogP contribution in [-0.4, -0.2) is 34.2 Å². The van der Waals surface area contributed by atoms with Crippen molar-refractivity contribution in [2.45, 2.75) is 6.42 Å². The predicted octanol–water partition coefficient (Wildman–Crippen LogP) is 2.99. The van der Waals surface area contributed by atoms with Gasteiger partial charge >= 0.3 is 6.01 Å². The zero-order valence-corrected chi connectivity index (χ0v) is 15.6. The molecular formula is C20H16N4O6. The second-order valence-electron chi connectivity index (χ2n) is 6.33.